The fourth-order valence-electron chi connectivity index (χ4n) is 2.54. The van der Waals surface area contributed by atoms with Crippen LogP contribution in [0.4, 0.5) is 0 Å². The van der Waals surface area contributed by atoms with Gasteiger partial charge in [-0.1, -0.05) is 0 Å². The predicted molar refractivity (Wildman–Crippen MR) is 118 cm³/mol. The van der Waals surface area contributed by atoms with Gasteiger partial charge in [-0.3, -0.25) is 0 Å². The second kappa shape index (κ2) is 12.2. The van der Waals surface area contributed by atoms with Gasteiger partial charge in [-0.15, -0.1) is 0 Å². The summed E-state index contributed by atoms with van der Waals surface area (Å²) in [6.45, 7) is 8.86. The Hall–Kier alpha value is 1.08. The zero-order chi connectivity index (χ0) is 21.3. The van der Waals surface area contributed by atoms with Gasteiger partial charge in [0.2, 0.25) is 0 Å². The predicted octanol–water partition coefficient (Wildman–Crippen LogP) is 3.68. The van der Waals surface area contributed by atoms with Crippen LogP contribution < -0.4 is 14.6 Å². The van der Waals surface area contributed by atoms with Gasteiger partial charge in [0.25, 0.3) is 0 Å². The zero-order valence-corrected chi connectivity index (χ0v) is 21.9. The topological polar surface area (TPSA) is 122 Å². The van der Waals surface area contributed by atoms with Crippen LogP contribution in [-0.2, 0) is 36.2 Å². The minimum absolute atomic E-state index is 0.344. The zero-order valence-electron chi connectivity index (χ0n) is 18.0. The molecule has 0 radical (unpaired) electrons. The molecule has 1 atom stereocenters. The van der Waals surface area contributed by atoms with E-state index in [0.29, 0.717) is 26.4 Å². The average molecular weight is 490 g/mol. The molecule has 0 aromatic heterocycles. The van der Waals surface area contributed by atoms with Crippen molar-refractivity contribution in [2.24, 2.45) is 4.52 Å². The van der Waals surface area contributed by atoms with Gasteiger partial charge in [0.05, 0.1) is 0 Å². The molecule has 0 fully saturated rings. The molecule has 0 saturated carbocycles. The van der Waals surface area contributed by atoms with Crippen molar-refractivity contribution in [2.75, 3.05) is 54.9 Å². The average Bonchev–Trinajstić information content (AvgIpc) is 2.67. The minimum atomic E-state index is -3.45. The first-order valence-electron chi connectivity index (χ1n) is 9.10. The monoisotopic (exact) mass is 490 g/mol. The Bertz CT molecular complexity index is 538. The van der Waals surface area contributed by atoms with Gasteiger partial charge in [-0.25, -0.2) is 0 Å². The van der Waals surface area contributed by atoms with E-state index in [1.807, 2.05) is 27.7 Å². The quantitative estimate of drug-likeness (QED) is 0.347. The Morgan fingerprint density at radius 2 is 1.29 bits per heavy atom. The second-order valence-corrected chi connectivity index (χ2v) is 16.4. The fraction of sp³-hybridized carbons (Fsp3) is 1.00. The molecule has 0 amide bonds. The molecule has 0 aliphatic carbocycles. The summed E-state index contributed by atoms with van der Waals surface area (Å²) in [5.41, 5.74) is 0. The van der Waals surface area contributed by atoms with Gasteiger partial charge < -0.3 is 0 Å². The molecular formula is C12H38N4O8P4. The SMILES string of the molecule is CCOP1(OC)=N[PH](OC)(OCC)N[PH](OC)(OCC)N[PH](OC)(OCC)N1. The van der Waals surface area contributed by atoms with Crippen molar-refractivity contribution < 1.29 is 36.2 Å². The maximum atomic E-state index is 6.00. The van der Waals surface area contributed by atoms with Crippen LogP contribution in [0.5, 0.6) is 0 Å². The summed E-state index contributed by atoms with van der Waals surface area (Å²) in [6, 6.07) is 0. The molecule has 1 rings (SSSR count). The fourth-order valence-corrected chi connectivity index (χ4v) is 18.8. The van der Waals surface area contributed by atoms with Gasteiger partial charge in [-0.05, 0) is 0 Å². The number of hydrogen-bond acceptors (Lipinski definition) is 12. The Labute approximate surface area is 170 Å². The summed E-state index contributed by atoms with van der Waals surface area (Å²) in [7, 11) is -7.15. The molecule has 1 unspecified atom stereocenters. The molecule has 1 heterocycles. The number of nitrogens with one attached hydrogen (secondary N) is 3. The van der Waals surface area contributed by atoms with Crippen LogP contribution in [-0.4, -0.2) is 54.9 Å². The molecule has 28 heavy (non-hydrogen) atoms. The van der Waals surface area contributed by atoms with E-state index < -0.39 is 31.7 Å². The summed E-state index contributed by atoms with van der Waals surface area (Å²) in [5.74, 6) is 0. The molecule has 12 nitrogen and oxygen atoms in total. The van der Waals surface area contributed by atoms with Gasteiger partial charge >= 0.3 is 170 Å². The third-order valence-electron chi connectivity index (χ3n) is 3.64. The van der Waals surface area contributed by atoms with E-state index in [2.05, 4.69) is 14.6 Å². The van der Waals surface area contributed by atoms with Crippen LogP contribution in [0.25, 0.3) is 0 Å². The van der Waals surface area contributed by atoms with Crippen LogP contribution in [0.15, 0.2) is 4.52 Å². The van der Waals surface area contributed by atoms with Gasteiger partial charge in [-0.2, -0.15) is 0 Å². The molecule has 1 aliphatic heterocycles. The van der Waals surface area contributed by atoms with Crippen molar-refractivity contribution >= 4 is 31.7 Å². The molecule has 0 saturated heterocycles. The maximum absolute atomic E-state index is 6.00. The third kappa shape index (κ3) is 6.54. The summed E-state index contributed by atoms with van der Waals surface area (Å²) in [4.78, 5) is 9.89. The number of nitrogens with zero attached hydrogens (tertiary/aromatic N) is 1. The van der Waals surface area contributed by atoms with E-state index in [9.17, 15) is 0 Å². The number of rotatable bonds is 12. The van der Waals surface area contributed by atoms with Crippen LogP contribution in [0.1, 0.15) is 27.7 Å². The normalized spacial score (nSPS) is 29.7. The van der Waals surface area contributed by atoms with Crippen molar-refractivity contribution in [3.05, 3.63) is 0 Å². The van der Waals surface area contributed by atoms with Crippen LogP contribution in [0.3, 0.4) is 0 Å². The first-order valence-corrected chi connectivity index (χ1v) is 16.1. The summed E-state index contributed by atoms with van der Waals surface area (Å²) >= 11 is 0. The Morgan fingerprint density at radius 1 is 0.714 bits per heavy atom. The molecule has 0 aromatic carbocycles. The molecule has 0 spiro atoms. The Kier molecular flexibility index (Phi) is 11.8. The van der Waals surface area contributed by atoms with E-state index in [1.54, 1.807) is 0 Å². The van der Waals surface area contributed by atoms with Crippen molar-refractivity contribution in [1.29, 1.82) is 0 Å². The third-order valence-corrected chi connectivity index (χ3v) is 18.1. The van der Waals surface area contributed by atoms with E-state index in [-0.39, 0.29) is 0 Å². The van der Waals surface area contributed by atoms with Crippen molar-refractivity contribution in [2.45, 2.75) is 27.7 Å². The summed E-state index contributed by atoms with van der Waals surface area (Å²) in [5, 5.41) is 0. The van der Waals surface area contributed by atoms with Crippen molar-refractivity contribution in [3.63, 3.8) is 0 Å². The first kappa shape index (κ1) is 27.1. The Morgan fingerprint density at radius 3 is 1.71 bits per heavy atom. The van der Waals surface area contributed by atoms with Gasteiger partial charge in [0.15, 0.2) is 0 Å². The molecule has 16 heteroatoms. The first-order chi connectivity index (χ1) is 13.3. The van der Waals surface area contributed by atoms with Crippen LogP contribution in [0.2, 0.25) is 0 Å². The molecule has 0 aromatic rings. The van der Waals surface area contributed by atoms with Crippen LogP contribution in [0, 0.1) is 0 Å². The van der Waals surface area contributed by atoms with Crippen molar-refractivity contribution in [1.82, 2.24) is 14.6 Å². The van der Waals surface area contributed by atoms with E-state index >= 15 is 0 Å². The van der Waals surface area contributed by atoms with Gasteiger partial charge in [0.1, 0.15) is 0 Å². The number of hydrogen-bond donors (Lipinski definition) is 3. The van der Waals surface area contributed by atoms with E-state index in [1.165, 1.54) is 28.4 Å². The summed E-state index contributed by atoms with van der Waals surface area (Å²) < 4.78 is 51.8. The standard InChI is InChI=1S/C12H38N4O8P4/c1-9-21-25(17-5)13-26(18-6,22-10-2)15-28(20-8,24-12-4)16-27(14-25,19-7)23-11-3/h13-15,25-27H,9-12H2,1-8H3. The Balaban J connectivity index is 3.73. The molecule has 0 bridgehead atoms. The second-order valence-electron chi connectivity index (χ2n) is 5.31. The van der Waals surface area contributed by atoms with Gasteiger partial charge in [0, 0.05) is 0 Å². The van der Waals surface area contributed by atoms with E-state index in [4.69, 9.17) is 40.7 Å². The molecule has 174 valence electrons. The molecule has 1 aliphatic rings. The van der Waals surface area contributed by atoms with Crippen molar-refractivity contribution in [3.8, 4) is 0 Å². The molecule has 3 N–H and O–H groups in total. The summed E-state index contributed by atoms with van der Waals surface area (Å²) in [6.07, 6.45) is 0. The van der Waals surface area contributed by atoms with E-state index in [0.717, 1.165) is 0 Å². The van der Waals surface area contributed by atoms with Crippen LogP contribution >= 0.6 is 31.7 Å². The molecular weight excluding hydrogens is 452 g/mol.